The molecule has 0 aromatic rings. The van der Waals surface area contributed by atoms with Gasteiger partial charge in [-0.3, -0.25) is 9.59 Å². The number of rotatable bonds is 7. The van der Waals surface area contributed by atoms with Gasteiger partial charge in [0.2, 0.25) is 0 Å². The summed E-state index contributed by atoms with van der Waals surface area (Å²) in [5.41, 5.74) is 8.81. The molecular weight excluding hydrogens is 256 g/mol. The molecule has 0 aromatic heterocycles. The molecule has 0 atom stereocenters. The number of primary amides is 2. The van der Waals surface area contributed by atoms with Crippen LogP contribution < -0.4 is 11.5 Å². The summed E-state index contributed by atoms with van der Waals surface area (Å²) in [5, 5.41) is 9.43. The van der Waals surface area contributed by atoms with Gasteiger partial charge in [-0.25, -0.2) is 4.79 Å². The number of esters is 1. The monoisotopic (exact) mass is 272 g/mol. The Bertz CT molecular complexity index is 438. The summed E-state index contributed by atoms with van der Waals surface area (Å²) in [6.07, 6.45) is 0.730. The first-order valence-electron chi connectivity index (χ1n) is 5.39. The van der Waals surface area contributed by atoms with E-state index in [1.54, 1.807) is 6.92 Å². The lowest BCUT2D eigenvalue weighted by molar-refractivity contribution is -0.139. The highest BCUT2D eigenvalue weighted by molar-refractivity contribution is 6.17. The van der Waals surface area contributed by atoms with Crippen molar-refractivity contribution in [3.05, 3.63) is 23.2 Å². The zero-order valence-corrected chi connectivity index (χ0v) is 10.6. The quantitative estimate of drug-likeness (QED) is 0.139. The predicted molar refractivity (Wildman–Crippen MR) is 64.4 cm³/mol. The first-order chi connectivity index (χ1) is 8.84. The molecule has 0 aliphatic rings. The third-order valence-electron chi connectivity index (χ3n) is 1.83. The maximum absolute atomic E-state index is 11.4. The number of ether oxygens (including phenoxy) is 2. The van der Waals surface area contributed by atoms with E-state index in [9.17, 15) is 19.5 Å². The fraction of sp³-hybridized carbons (Fsp3) is 0.364. The third kappa shape index (κ3) is 5.11. The molecule has 19 heavy (non-hydrogen) atoms. The fourth-order valence-corrected chi connectivity index (χ4v) is 1.04. The molecule has 8 nitrogen and oxygen atoms in total. The fourth-order valence-electron chi connectivity index (χ4n) is 1.04. The van der Waals surface area contributed by atoms with Crippen molar-refractivity contribution in [1.29, 1.82) is 0 Å². The normalized spacial score (nSPS) is 12.4. The Morgan fingerprint density at radius 3 is 1.95 bits per heavy atom. The summed E-state index contributed by atoms with van der Waals surface area (Å²) in [5.74, 6) is -4.05. The van der Waals surface area contributed by atoms with E-state index in [0.29, 0.717) is 0 Å². The number of carbonyl (C=O) groups excluding carboxylic acids is 3. The minimum atomic E-state index is -1.12. The Kier molecular flexibility index (Phi) is 6.72. The maximum atomic E-state index is 11.4. The van der Waals surface area contributed by atoms with Crippen LogP contribution in [0.15, 0.2) is 23.2 Å². The summed E-state index contributed by atoms with van der Waals surface area (Å²) in [6, 6.07) is 0. The van der Waals surface area contributed by atoms with E-state index in [0.717, 1.165) is 6.08 Å². The van der Waals surface area contributed by atoms with Gasteiger partial charge in [0.25, 0.3) is 17.8 Å². The number of carbonyl (C=O) groups is 3. The number of amides is 2. The molecule has 5 N–H and O–H groups in total. The highest BCUT2D eigenvalue weighted by Crippen LogP contribution is 2.09. The summed E-state index contributed by atoms with van der Waals surface area (Å²) < 4.78 is 9.25. The number of aliphatic hydroxyl groups is 1. The molecule has 0 bridgehead atoms. The van der Waals surface area contributed by atoms with Crippen LogP contribution in [-0.2, 0) is 23.9 Å². The Hall–Kier alpha value is -2.51. The van der Waals surface area contributed by atoms with E-state index >= 15 is 0 Å². The van der Waals surface area contributed by atoms with Gasteiger partial charge in [0.05, 0.1) is 13.2 Å². The molecule has 0 radical (unpaired) electrons. The van der Waals surface area contributed by atoms with Gasteiger partial charge in [-0.15, -0.1) is 0 Å². The molecule has 0 aromatic carbocycles. The lowest BCUT2D eigenvalue weighted by atomic mass is 10.1. The molecule has 0 saturated carbocycles. The number of hydrogen-bond donors (Lipinski definition) is 3. The van der Waals surface area contributed by atoms with E-state index < -0.39 is 34.9 Å². The highest BCUT2D eigenvalue weighted by atomic mass is 16.6. The van der Waals surface area contributed by atoms with Gasteiger partial charge >= 0.3 is 5.97 Å². The molecule has 8 heteroatoms. The minimum Gasteiger partial charge on any atom is -0.480 e. The van der Waals surface area contributed by atoms with Crippen molar-refractivity contribution < 1.29 is 29.0 Å². The van der Waals surface area contributed by atoms with Crippen molar-refractivity contribution >= 4 is 17.8 Å². The summed E-state index contributed by atoms with van der Waals surface area (Å²) in [6.45, 7) is 3.15. The van der Waals surface area contributed by atoms with Gasteiger partial charge in [0, 0.05) is 0 Å². The first-order valence-corrected chi connectivity index (χ1v) is 5.39. The minimum absolute atomic E-state index is 0.0104. The molecule has 0 fully saturated rings. The SMILES string of the molecule is CCOC(=O)/C(=C/C(C(N)=O)=C(\O)OCC)C(N)=O. The van der Waals surface area contributed by atoms with Crippen LogP contribution in [-0.4, -0.2) is 36.1 Å². The van der Waals surface area contributed by atoms with Crippen LogP contribution >= 0.6 is 0 Å². The molecule has 0 unspecified atom stereocenters. The van der Waals surface area contributed by atoms with E-state index in [1.807, 2.05) is 0 Å². The molecule has 106 valence electrons. The van der Waals surface area contributed by atoms with Gasteiger partial charge < -0.3 is 26.0 Å². The average Bonchev–Trinajstić information content (AvgIpc) is 2.29. The Morgan fingerprint density at radius 1 is 1.05 bits per heavy atom. The number of aliphatic hydroxyl groups excluding tert-OH is 1. The largest absolute Gasteiger partial charge is 0.480 e. The van der Waals surface area contributed by atoms with Gasteiger partial charge in [-0.2, -0.15) is 0 Å². The number of hydrogen-bond acceptors (Lipinski definition) is 6. The lowest BCUT2D eigenvalue weighted by Gasteiger charge is -2.06. The first kappa shape index (κ1) is 16.5. The van der Waals surface area contributed by atoms with Crippen molar-refractivity contribution in [2.75, 3.05) is 13.2 Å². The second kappa shape index (κ2) is 7.75. The van der Waals surface area contributed by atoms with Crippen molar-refractivity contribution in [2.45, 2.75) is 13.8 Å². The van der Waals surface area contributed by atoms with Crippen LogP contribution in [0, 0.1) is 0 Å². The smallest absolute Gasteiger partial charge is 0.343 e. The maximum Gasteiger partial charge on any atom is 0.343 e. The zero-order valence-electron chi connectivity index (χ0n) is 10.6. The second-order valence-electron chi connectivity index (χ2n) is 3.16. The van der Waals surface area contributed by atoms with E-state index in [-0.39, 0.29) is 13.2 Å². The lowest BCUT2D eigenvalue weighted by Crippen LogP contribution is -2.24. The van der Waals surface area contributed by atoms with Crippen molar-refractivity contribution in [3.63, 3.8) is 0 Å². The second-order valence-corrected chi connectivity index (χ2v) is 3.16. The molecule has 0 rings (SSSR count). The van der Waals surface area contributed by atoms with Crippen LogP contribution in [0.25, 0.3) is 0 Å². The predicted octanol–water partition coefficient (Wildman–Crippen LogP) is -0.747. The standard InChI is InChI=1S/C11H16N2O6/c1-3-18-10(16)6(8(12)14)5-7(9(13)15)11(17)19-4-2/h5,16H,3-4H2,1-2H3,(H2,12,14)(H2,13,15)/b7-5+,10-6-. The van der Waals surface area contributed by atoms with E-state index in [4.69, 9.17) is 11.5 Å². The Labute approximate surface area is 109 Å². The van der Waals surface area contributed by atoms with Crippen molar-refractivity contribution in [1.82, 2.24) is 0 Å². The highest BCUT2D eigenvalue weighted by Gasteiger charge is 2.21. The van der Waals surface area contributed by atoms with E-state index in [2.05, 4.69) is 9.47 Å². The van der Waals surface area contributed by atoms with Crippen LogP contribution in [0.5, 0.6) is 0 Å². The van der Waals surface area contributed by atoms with Gasteiger partial charge in [0.1, 0.15) is 11.1 Å². The average molecular weight is 272 g/mol. The van der Waals surface area contributed by atoms with Gasteiger partial charge in [0.15, 0.2) is 0 Å². The van der Waals surface area contributed by atoms with Crippen LogP contribution in [0.1, 0.15) is 13.8 Å². The van der Waals surface area contributed by atoms with Crippen molar-refractivity contribution in [2.24, 2.45) is 11.5 Å². The van der Waals surface area contributed by atoms with E-state index in [1.165, 1.54) is 6.92 Å². The summed E-state index contributed by atoms with van der Waals surface area (Å²) in [7, 11) is 0. The molecule has 2 amide bonds. The topological polar surface area (TPSA) is 142 Å². The van der Waals surface area contributed by atoms with Gasteiger partial charge in [-0.05, 0) is 19.9 Å². The zero-order chi connectivity index (χ0) is 15.0. The van der Waals surface area contributed by atoms with Crippen LogP contribution in [0.4, 0.5) is 0 Å². The molecule has 0 heterocycles. The Morgan fingerprint density at radius 2 is 1.58 bits per heavy atom. The van der Waals surface area contributed by atoms with Crippen molar-refractivity contribution in [3.8, 4) is 0 Å². The Balaban J connectivity index is 5.62. The van der Waals surface area contributed by atoms with Crippen LogP contribution in [0.3, 0.4) is 0 Å². The molecule has 0 aliphatic carbocycles. The molecule has 0 aliphatic heterocycles. The molecule has 0 spiro atoms. The summed E-state index contributed by atoms with van der Waals surface area (Å²) in [4.78, 5) is 33.7. The molecular formula is C11H16N2O6. The van der Waals surface area contributed by atoms with Gasteiger partial charge in [-0.1, -0.05) is 0 Å². The van der Waals surface area contributed by atoms with Crippen LogP contribution in [0.2, 0.25) is 0 Å². The molecule has 0 saturated heterocycles. The summed E-state index contributed by atoms with van der Waals surface area (Å²) >= 11 is 0. The number of nitrogens with two attached hydrogens (primary N) is 2. The third-order valence-corrected chi connectivity index (χ3v) is 1.83.